The summed E-state index contributed by atoms with van der Waals surface area (Å²) in [4.78, 5) is 3.65. The van der Waals surface area contributed by atoms with Gasteiger partial charge in [-0.2, -0.15) is 0 Å². The van der Waals surface area contributed by atoms with E-state index in [0.717, 1.165) is 17.4 Å². The number of aromatic amines is 1. The maximum atomic E-state index is 3.67. The minimum absolute atomic E-state index is 0.243. The normalized spacial score (nSPS) is 17.7. The van der Waals surface area contributed by atoms with Crippen LogP contribution in [0.3, 0.4) is 0 Å². The number of rotatable bonds is 1. The number of H-pyrrole nitrogens is 1. The van der Waals surface area contributed by atoms with Crippen molar-refractivity contribution in [3.63, 3.8) is 0 Å². The molecule has 1 aliphatic heterocycles. The number of halogens is 1. The largest absolute Gasteiger partial charge is 0.357 e. The molecule has 0 saturated heterocycles. The zero-order valence-electron chi connectivity index (χ0n) is 12.8. The highest BCUT2D eigenvalue weighted by Crippen LogP contribution is 2.34. The van der Waals surface area contributed by atoms with E-state index in [4.69, 9.17) is 0 Å². The first-order valence-corrected chi connectivity index (χ1v) is 8.53. The van der Waals surface area contributed by atoms with Crippen LogP contribution < -0.4 is 5.32 Å². The fourth-order valence-corrected chi connectivity index (χ4v) is 4.18. The molecule has 0 amide bonds. The summed E-state index contributed by atoms with van der Waals surface area (Å²) in [5.74, 6) is 0. The van der Waals surface area contributed by atoms with Crippen LogP contribution in [0.15, 0.2) is 40.9 Å². The third-order valence-electron chi connectivity index (χ3n) is 4.50. The van der Waals surface area contributed by atoms with Gasteiger partial charge in [0, 0.05) is 27.6 Å². The van der Waals surface area contributed by atoms with Crippen LogP contribution in [0.1, 0.15) is 34.0 Å². The number of benzene rings is 2. The summed E-state index contributed by atoms with van der Waals surface area (Å²) in [5, 5.41) is 5.05. The Balaban J connectivity index is 1.90. The molecule has 1 aliphatic rings. The molecule has 3 aromatic rings. The maximum absolute atomic E-state index is 3.67. The summed E-state index contributed by atoms with van der Waals surface area (Å²) >= 11 is 3.63. The summed E-state index contributed by atoms with van der Waals surface area (Å²) in [6.45, 7) is 5.33. The van der Waals surface area contributed by atoms with Crippen LogP contribution in [0, 0.1) is 13.8 Å². The Labute approximate surface area is 139 Å². The molecule has 0 saturated carbocycles. The molecule has 0 radical (unpaired) electrons. The molecule has 22 heavy (non-hydrogen) atoms. The van der Waals surface area contributed by atoms with E-state index in [9.17, 15) is 0 Å². The summed E-state index contributed by atoms with van der Waals surface area (Å²) in [5.41, 5.74) is 7.96. The average molecular weight is 355 g/mol. The molecule has 0 fully saturated rings. The van der Waals surface area contributed by atoms with Crippen LogP contribution in [0.25, 0.3) is 10.9 Å². The first-order chi connectivity index (χ1) is 10.6. The van der Waals surface area contributed by atoms with Gasteiger partial charge >= 0.3 is 0 Å². The average Bonchev–Trinajstić information content (AvgIpc) is 2.84. The number of fused-ring (bicyclic) bond motifs is 3. The van der Waals surface area contributed by atoms with Gasteiger partial charge in [-0.1, -0.05) is 33.6 Å². The number of nitrogens with one attached hydrogen (secondary N) is 2. The number of aryl methyl sites for hydroxylation is 2. The Bertz CT molecular complexity index is 843. The smallest absolute Gasteiger partial charge is 0.0732 e. The van der Waals surface area contributed by atoms with E-state index in [1.807, 2.05) is 0 Å². The van der Waals surface area contributed by atoms with Gasteiger partial charge in [-0.3, -0.25) is 0 Å². The maximum Gasteiger partial charge on any atom is 0.0732 e. The van der Waals surface area contributed by atoms with Crippen molar-refractivity contribution in [2.45, 2.75) is 26.3 Å². The summed E-state index contributed by atoms with van der Waals surface area (Å²) in [7, 11) is 0. The van der Waals surface area contributed by atoms with Crippen molar-refractivity contribution in [1.29, 1.82) is 0 Å². The van der Waals surface area contributed by atoms with Crippen LogP contribution in [0.5, 0.6) is 0 Å². The molecule has 0 aliphatic carbocycles. The van der Waals surface area contributed by atoms with Crippen molar-refractivity contribution in [2.24, 2.45) is 0 Å². The molecule has 1 atom stereocenters. The Morgan fingerprint density at radius 3 is 2.73 bits per heavy atom. The number of hydrogen-bond donors (Lipinski definition) is 2. The van der Waals surface area contributed by atoms with Crippen molar-refractivity contribution in [3.05, 3.63) is 68.8 Å². The molecule has 112 valence electrons. The number of aromatic nitrogens is 1. The van der Waals surface area contributed by atoms with E-state index in [1.54, 1.807) is 0 Å². The lowest BCUT2D eigenvalue weighted by Gasteiger charge is -2.25. The minimum atomic E-state index is 0.243. The molecule has 0 spiro atoms. The Kier molecular flexibility index (Phi) is 3.35. The van der Waals surface area contributed by atoms with Crippen molar-refractivity contribution in [1.82, 2.24) is 10.3 Å². The monoisotopic (exact) mass is 354 g/mol. The predicted octanol–water partition coefficient (Wildman–Crippen LogP) is 4.78. The van der Waals surface area contributed by atoms with Crippen LogP contribution in [0.4, 0.5) is 0 Å². The number of hydrogen-bond acceptors (Lipinski definition) is 1. The highest BCUT2D eigenvalue weighted by Gasteiger charge is 2.25. The van der Waals surface area contributed by atoms with Gasteiger partial charge in [0.2, 0.25) is 0 Å². The van der Waals surface area contributed by atoms with Gasteiger partial charge in [-0.15, -0.1) is 0 Å². The van der Waals surface area contributed by atoms with E-state index in [1.165, 1.54) is 38.9 Å². The SMILES string of the molecule is Cc1cc(Br)cc(C2NCCc3c2[nH]c2ccc(C)cc32)c1. The van der Waals surface area contributed by atoms with Crippen molar-refractivity contribution in [2.75, 3.05) is 6.54 Å². The molecule has 0 bridgehead atoms. The lowest BCUT2D eigenvalue weighted by atomic mass is 9.93. The molecule has 3 heteroatoms. The van der Waals surface area contributed by atoms with Crippen LogP contribution in [-0.4, -0.2) is 11.5 Å². The first kappa shape index (κ1) is 14.0. The fourth-order valence-electron chi connectivity index (χ4n) is 3.56. The van der Waals surface area contributed by atoms with E-state index in [-0.39, 0.29) is 6.04 Å². The van der Waals surface area contributed by atoms with E-state index < -0.39 is 0 Å². The summed E-state index contributed by atoms with van der Waals surface area (Å²) in [6.07, 6.45) is 1.09. The second-order valence-corrected chi connectivity index (χ2v) is 7.18. The highest BCUT2D eigenvalue weighted by atomic mass is 79.9. The fraction of sp³-hybridized carbons (Fsp3) is 0.263. The molecule has 4 rings (SSSR count). The van der Waals surface area contributed by atoms with Gasteiger partial charge < -0.3 is 10.3 Å². The standard InChI is InChI=1S/C19H19BrN2/c1-11-3-4-17-16(9-11)15-5-6-21-18(19(15)22-17)13-7-12(2)8-14(20)10-13/h3-4,7-10,18,21-22H,5-6H2,1-2H3. The van der Waals surface area contributed by atoms with E-state index >= 15 is 0 Å². The van der Waals surface area contributed by atoms with Crippen molar-refractivity contribution in [3.8, 4) is 0 Å². The van der Waals surface area contributed by atoms with Gasteiger partial charge in [-0.05, 0) is 61.2 Å². The van der Waals surface area contributed by atoms with Gasteiger partial charge in [0.05, 0.1) is 6.04 Å². The second kappa shape index (κ2) is 5.25. The first-order valence-electron chi connectivity index (χ1n) is 7.73. The molecule has 2 aromatic carbocycles. The van der Waals surface area contributed by atoms with Crippen LogP contribution in [0.2, 0.25) is 0 Å². The van der Waals surface area contributed by atoms with Crippen LogP contribution in [-0.2, 0) is 6.42 Å². The lowest BCUT2D eigenvalue weighted by Crippen LogP contribution is -2.30. The highest BCUT2D eigenvalue weighted by molar-refractivity contribution is 9.10. The third kappa shape index (κ3) is 2.29. The van der Waals surface area contributed by atoms with E-state index in [0.29, 0.717) is 0 Å². The van der Waals surface area contributed by atoms with Gasteiger partial charge in [0.25, 0.3) is 0 Å². The van der Waals surface area contributed by atoms with E-state index in [2.05, 4.69) is 76.5 Å². The Morgan fingerprint density at radius 1 is 1.05 bits per heavy atom. The van der Waals surface area contributed by atoms with Crippen molar-refractivity contribution < 1.29 is 0 Å². The molecule has 2 N–H and O–H groups in total. The third-order valence-corrected chi connectivity index (χ3v) is 4.96. The predicted molar refractivity (Wildman–Crippen MR) is 95.5 cm³/mol. The van der Waals surface area contributed by atoms with Gasteiger partial charge in [0.15, 0.2) is 0 Å². The van der Waals surface area contributed by atoms with Gasteiger partial charge in [-0.25, -0.2) is 0 Å². The summed E-state index contributed by atoms with van der Waals surface area (Å²) < 4.78 is 1.14. The van der Waals surface area contributed by atoms with Crippen molar-refractivity contribution >= 4 is 26.8 Å². The second-order valence-electron chi connectivity index (χ2n) is 6.27. The quantitative estimate of drug-likeness (QED) is 0.646. The molecule has 2 heterocycles. The molecule has 1 aromatic heterocycles. The lowest BCUT2D eigenvalue weighted by molar-refractivity contribution is 0.560. The zero-order chi connectivity index (χ0) is 15.3. The molecule has 1 unspecified atom stereocenters. The Morgan fingerprint density at radius 2 is 1.91 bits per heavy atom. The molecule has 2 nitrogen and oxygen atoms in total. The minimum Gasteiger partial charge on any atom is -0.357 e. The zero-order valence-corrected chi connectivity index (χ0v) is 14.4. The topological polar surface area (TPSA) is 27.8 Å². The summed E-state index contributed by atoms with van der Waals surface area (Å²) in [6, 6.07) is 13.6. The van der Waals surface area contributed by atoms with Gasteiger partial charge in [0.1, 0.15) is 0 Å². The molecular weight excluding hydrogens is 336 g/mol. The van der Waals surface area contributed by atoms with Crippen LogP contribution >= 0.6 is 15.9 Å². The molecular formula is C19H19BrN2. The Hall–Kier alpha value is -1.58.